The summed E-state index contributed by atoms with van der Waals surface area (Å²) in [4.78, 5) is 14.7. The number of thiophene rings is 1. The highest BCUT2D eigenvalue weighted by atomic mass is 32.2. The lowest BCUT2D eigenvalue weighted by Crippen LogP contribution is -2.43. The summed E-state index contributed by atoms with van der Waals surface area (Å²) >= 11 is 1.17. The molecule has 1 atom stereocenters. The second-order valence-corrected chi connectivity index (χ2v) is 10.5. The largest absolute Gasteiger partial charge is 0.378 e. The molecular formula is C20H24FN3O4S2. The van der Waals surface area contributed by atoms with Crippen LogP contribution in [0.4, 0.5) is 15.8 Å². The Bertz CT molecular complexity index is 991. The van der Waals surface area contributed by atoms with Crippen molar-refractivity contribution < 1.29 is 22.3 Å². The molecule has 4 rings (SSSR count). The first-order chi connectivity index (χ1) is 14.4. The van der Waals surface area contributed by atoms with E-state index in [4.69, 9.17) is 4.74 Å². The van der Waals surface area contributed by atoms with Crippen LogP contribution in [0.2, 0.25) is 0 Å². The molecule has 2 aromatic rings. The minimum absolute atomic E-state index is 0.125. The van der Waals surface area contributed by atoms with Gasteiger partial charge in [0.05, 0.1) is 24.8 Å². The number of morpholine rings is 1. The van der Waals surface area contributed by atoms with E-state index in [1.165, 1.54) is 21.7 Å². The van der Waals surface area contributed by atoms with Crippen molar-refractivity contribution in [2.45, 2.75) is 17.1 Å². The molecule has 1 amide bonds. The molecule has 2 fully saturated rings. The van der Waals surface area contributed by atoms with Gasteiger partial charge >= 0.3 is 0 Å². The first-order valence-corrected chi connectivity index (χ1v) is 12.2. The second kappa shape index (κ2) is 9.01. The number of hydrogen-bond donors (Lipinski definition) is 1. The highest BCUT2D eigenvalue weighted by Gasteiger charge is 2.34. The molecule has 7 nitrogen and oxygen atoms in total. The van der Waals surface area contributed by atoms with E-state index in [9.17, 15) is 17.6 Å². The molecule has 2 aliphatic heterocycles. The van der Waals surface area contributed by atoms with E-state index in [1.54, 1.807) is 29.6 Å². The van der Waals surface area contributed by atoms with Crippen LogP contribution in [0.15, 0.2) is 39.9 Å². The Morgan fingerprint density at radius 1 is 1.20 bits per heavy atom. The molecule has 10 heteroatoms. The highest BCUT2D eigenvalue weighted by molar-refractivity contribution is 7.91. The monoisotopic (exact) mass is 453 g/mol. The lowest BCUT2D eigenvalue weighted by Gasteiger charge is -2.31. The van der Waals surface area contributed by atoms with Gasteiger partial charge in [0.1, 0.15) is 10.0 Å². The summed E-state index contributed by atoms with van der Waals surface area (Å²) < 4.78 is 47.0. The Morgan fingerprint density at radius 3 is 2.70 bits per heavy atom. The van der Waals surface area contributed by atoms with Crippen molar-refractivity contribution in [3.8, 4) is 0 Å². The van der Waals surface area contributed by atoms with E-state index in [0.717, 1.165) is 0 Å². The van der Waals surface area contributed by atoms with Crippen molar-refractivity contribution in [3.05, 3.63) is 41.5 Å². The molecule has 0 aliphatic carbocycles. The minimum Gasteiger partial charge on any atom is -0.378 e. The van der Waals surface area contributed by atoms with E-state index >= 15 is 0 Å². The second-order valence-electron chi connectivity index (χ2n) is 7.39. The molecule has 0 spiro atoms. The van der Waals surface area contributed by atoms with Crippen molar-refractivity contribution >= 4 is 38.6 Å². The van der Waals surface area contributed by atoms with Gasteiger partial charge in [-0.3, -0.25) is 4.79 Å². The van der Waals surface area contributed by atoms with Gasteiger partial charge in [0.2, 0.25) is 5.91 Å². The SMILES string of the molecule is O=C(Nc1ccc(N2CCOCC2)c(F)c1)C1CCCN(S(=O)(=O)c2cccs2)C1. The Balaban J connectivity index is 1.41. The summed E-state index contributed by atoms with van der Waals surface area (Å²) in [6.45, 7) is 2.89. The Kier molecular flexibility index (Phi) is 6.37. The van der Waals surface area contributed by atoms with Crippen LogP contribution in [-0.2, 0) is 19.6 Å². The summed E-state index contributed by atoms with van der Waals surface area (Å²) in [6, 6.07) is 7.91. The van der Waals surface area contributed by atoms with Crippen molar-refractivity contribution in [2.75, 3.05) is 49.6 Å². The Hall–Kier alpha value is -2.01. The van der Waals surface area contributed by atoms with E-state index in [1.807, 2.05) is 4.90 Å². The third-order valence-corrected chi connectivity index (χ3v) is 8.65. The van der Waals surface area contributed by atoms with Crippen LogP contribution < -0.4 is 10.2 Å². The number of benzene rings is 1. The molecule has 2 saturated heterocycles. The molecule has 1 N–H and O–H groups in total. The lowest BCUT2D eigenvalue weighted by atomic mass is 9.98. The van der Waals surface area contributed by atoms with Crippen LogP contribution in [0.1, 0.15) is 12.8 Å². The topological polar surface area (TPSA) is 79.0 Å². The fourth-order valence-electron chi connectivity index (χ4n) is 3.80. The van der Waals surface area contributed by atoms with Crippen LogP contribution in [0.25, 0.3) is 0 Å². The Morgan fingerprint density at radius 2 is 2.00 bits per heavy atom. The van der Waals surface area contributed by atoms with E-state index in [-0.39, 0.29) is 16.7 Å². The number of ether oxygens (including phenoxy) is 1. The van der Waals surface area contributed by atoms with Gasteiger partial charge in [0.15, 0.2) is 0 Å². The molecule has 0 bridgehead atoms. The smallest absolute Gasteiger partial charge is 0.252 e. The van der Waals surface area contributed by atoms with Crippen molar-refractivity contribution in [1.29, 1.82) is 0 Å². The number of hydrogen-bond acceptors (Lipinski definition) is 6. The zero-order chi connectivity index (χ0) is 21.1. The number of carbonyl (C=O) groups excluding carboxylic acids is 1. The summed E-state index contributed by atoms with van der Waals surface area (Å²) in [5.74, 6) is -1.17. The average molecular weight is 454 g/mol. The fourth-order valence-corrected chi connectivity index (χ4v) is 6.47. The Labute approximate surface area is 179 Å². The highest BCUT2D eigenvalue weighted by Crippen LogP contribution is 2.28. The number of anilines is 2. The quantitative estimate of drug-likeness (QED) is 0.753. The van der Waals surface area contributed by atoms with Crippen LogP contribution in [-0.4, -0.2) is 58.0 Å². The number of piperidine rings is 1. The average Bonchev–Trinajstić information content (AvgIpc) is 3.30. The van der Waals surface area contributed by atoms with Crippen LogP contribution in [0, 0.1) is 11.7 Å². The van der Waals surface area contributed by atoms with Crippen molar-refractivity contribution in [3.63, 3.8) is 0 Å². The van der Waals surface area contributed by atoms with E-state index in [2.05, 4.69) is 5.32 Å². The summed E-state index contributed by atoms with van der Waals surface area (Å²) in [6.07, 6.45) is 1.20. The molecule has 0 saturated carbocycles. The maximum absolute atomic E-state index is 14.6. The molecule has 1 aromatic heterocycles. The number of amides is 1. The van der Waals surface area contributed by atoms with E-state index < -0.39 is 21.8 Å². The number of sulfonamides is 1. The standard InChI is InChI=1S/C20H24FN3O4S2/c21-17-13-16(5-6-18(17)23-8-10-28-11-9-23)22-20(25)15-3-1-7-24(14-15)30(26,27)19-4-2-12-29-19/h2,4-6,12-13,15H,1,3,7-11,14H2,(H,22,25). The number of halogens is 1. The van der Waals surface area contributed by atoms with Crippen molar-refractivity contribution in [1.82, 2.24) is 4.31 Å². The maximum Gasteiger partial charge on any atom is 0.252 e. The van der Waals surface area contributed by atoms with Gasteiger partial charge in [-0.05, 0) is 42.5 Å². The van der Waals surface area contributed by atoms with Gasteiger partial charge in [0, 0.05) is 31.9 Å². The van der Waals surface area contributed by atoms with Crippen molar-refractivity contribution in [2.24, 2.45) is 5.92 Å². The number of rotatable bonds is 5. The molecule has 1 aromatic carbocycles. The zero-order valence-electron chi connectivity index (χ0n) is 16.4. The van der Waals surface area contributed by atoms with Crippen LogP contribution in [0.3, 0.4) is 0 Å². The summed E-state index contributed by atoms with van der Waals surface area (Å²) in [5, 5.41) is 4.47. The summed E-state index contributed by atoms with van der Waals surface area (Å²) in [5.41, 5.74) is 0.856. The van der Waals surface area contributed by atoms with Gasteiger partial charge in [-0.2, -0.15) is 4.31 Å². The summed E-state index contributed by atoms with van der Waals surface area (Å²) in [7, 11) is -3.59. The predicted molar refractivity (Wildman–Crippen MR) is 114 cm³/mol. The van der Waals surface area contributed by atoms with Gasteiger partial charge in [-0.15, -0.1) is 11.3 Å². The molecule has 3 heterocycles. The van der Waals surface area contributed by atoms with Gasteiger partial charge < -0.3 is 15.0 Å². The number of nitrogens with zero attached hydrogens (tertiary/aromatic N) is 2. The minimum atomic E-state index is -3.59. The molecule has 0 radical (unpaired) electrons. The zero-order valence-corrected chi connectivity index (χ0v) is 18.1. The molecular weight excluding hydrogens is 429 g/mol. The normalized spacial score (nSPS) is 20.8. The molecule has 162 valence electrons. The maximum atomic E-state index is 14.6. The molecule has 2 aliphatic rings. The number of nitrogens with one attached hydrogen (secondary N) is 1. The van der Waals surface area contributed by atoms with Gasteiger partial charge in [0.25, 0.3) is 10.0 Å². The molecule has 1 unspecified atom stereocenters. The van der Waals surface area contributed by atoms with Crippen LogP contribution >= 0.6 is 11.3 Å². The van der Waals surface area contributed by atoms with Gasteiger partial charge in [-0.25, -0.2) is 12.8 Å². The number of carbonyl (C=O) groups is 1. The predicted octanol–water partition coefficient (Wildman–Crippen LogP) is 2.76. The first-order valence-electron chi connectivity index (χ1n) is 9.92. The van der Waals surface area contributed by atoms with Gasteiger partial charge in [-0.1, -0.05) is 6.07 Å². The lowest BCUT2D eigenvalue weighted by molar-refractivity contribution is -0.120. The fraction of sp³-hybridized carbons (Fsp3) is 0.450. The third-order valence-electron chi connectivity index (χ3n) is 5.41. The molecule has 30 heavy (non-hydrogen) atoms. The third kappa shape index (κ3) is 4.51. The first kappa shape index (κ1) is 21.2. The van der Waals surface area contributed by atoms with Crippen LogP contribution in [0.5, 0.6) is 0 Å². The van der Waals surface area contributed by atoms with E-state index in [0.29, 0.717) is 57.1 Å².